The number of terminal acetylenes is 1. The normalized spacial score (nSPS) is 10.8. The lowest BCUT2D eigenvalue weighted by Crippen LogP contribution is -2.04. The molecule has 0 bridgehead atoms. The van der Waals surface area contributed by atoms with E-state index in [1.54, 1.807) is 6.07 Å². The van der Waals surface area contributed by atoms with Gasteiger partial charge in [0.05, 0.1) is 5.71 Å². The van der Waals surface area contributed by atoms with Crippen LogP contribution in [0.2, 0.25) is 0 Å². The summed E-state index contributed by atoms with van der Waals surface area (Å²) in [6.07, 6.45) is 5.74. The van der Waals surface area contributed by atoms with E-state index in [0.717, 1.165) is 5.56 Å². The maximum absolute atomic E-state index is 8.82. The standard InChI is InChI=1S/C12H13NO2/c1-3-9-15-12-8-6-5-7-10(12)11(4-2)13-14/h1,5-8,14H,4,9H2,2H3/b13-11+. The van der Waals surface area contributed by atoms with Crippen molar-refractivity contribution in [1.82, 2.24) is 0 Å². The lowest BCUT2D eigenvalue weighted by molar-refractivity contribution is 0.317. The van der Waals surface area contributed by atoms with Crippen molar-refractivity contribution in [3.05, 3.63) is 29.8 Å². The summed E-state index contributed by atoms with van der Waals surface area (Å²) in [5, 5.41) is 12.1. The first-order valence-corrected chi connectivity index (χ1v) is 4.70. The van der Waals surface area contributed by atoms with Crippen molar-refractivity contribution in [2.24, 2.45) is 5.16 Å². The highest BCUT2D eigenvalue weighted by Gasteiger charge is 2.08. The Morgan fingerprint density at radius 2 is 2.27 bits per heavy atom. The zero-order chi connectivity index (χ0) is 11.1. The van der Waals surface area contributed by atoms with Crippen LogP contribution in [-0.2, 0) is 0 Å². The topological polar surface area (TPSA) is 41.8 Å². The number of oxime groups is 1. The van der Waals surface area contributed by atoms with Gasteiger partial charge >= 0.3 is 0 Å². The number of ether oxygens (including phenoxy) is 1. The molecule has 0 aliphatic carbocycles. The summed E-state index contributed by atoms with van der Waals surface area (Å²) in [6.45, 7) is 2.12. The van der Waals surface area contributed by atoms with Crippen LogP contribution >= 0.6 is 0 Å². The molecule has 0 spiro atoms. The highest BCUT2D eigenvalue weighted by atomic mass is 16.5. The van der Waals surface area contributed by atoms with Gasteiger partial charge in [-0.25, -0.2) is 0 Å². The molecule has 0 amide bonds. The number of nitrogens with zero attached hydrogens (tertiary/aromatic N) is 1. The number of hydrogen-bond acceptors (Lipinski definition) is 3. The molecular weight excluding hydrogens is 190 g/mol. The zero-order valence-electron chi connectivity index (χ0n) is 8.60. The number of hydrogen-bond donors (Lipinski definition) is 1. The Balaban J connectivity index is 3.01. The van der Waals surface area contributed by atoms with E-state index in [0.29, 0.717) is 17.9 Å². The Labute approximate surface area is 89.4 Å². The monoisotopic (exact) mass is 203 g/mol. The Hall–Kier alpha value is -1.95. The minimum Gasteiger partial charge on any atom is -0.480 e. The summed E-state index contributed by atoms with van der Waals surface area (Å²) in [4.78, 5) is 0. The van der Waals surface area contributed by atoms with E-state index in [1.165, 1.54) is 0 Å². The summed E-state index contributed by atoms with van der Waals surface area (Å²) in [5.41, 5.74) is 1.36. The third kappa shape index (κ3) is 2.75. The van der Waals surface area contributed by atoms with Crippen molar-refractivity contribution in [3.63, 3.8) is 0 Å². The van der Waals surface area contributed by atoms with Crippen LogP contribution < -0.4 is 4.74 Å². The molecule has 0 heterocycles. The van der Waals surface area contributed by atoms with Gasteiger partial charge in [0.1, 0.15) is 12.4 Å². The van der Waals surface area contributed by atoms with Crippen LogP contribution in [-0.4, -0.2) is 17.5 Å². The average Bonchev–Trinajstić information content (AvgIpc) is 2.29. The maximum atomic E-state index is 8.82. The van der Waals surface area contributed by atoms with Crippen molar-refractivity contribution in [1.29, 1.82) is 0 Å². The summed E-state index contributed by atoms with van der Waals surface area (Å²) < 4.78 is 5.34. The predicted molar refractivity (Wildman–Crippen MR) is 59.4 cm³/mol. The number of para-hydroxylation sites is 1. The van der Waals surface area contributed by atoms with Crippen LogP contribution in [0.1, 0.15) is 18.9 Å². The largest absolute Gasteiger partial charge is 0.480 e. The molecule has 0 radical (unpaired) electrons. The van der Waals surface area contributed by atoms with E-state index in [4.69, 9.17) is 16.4 Å². The Morgan fingerprint density at radius 1 is 1.53 bits per heavy atom. The van der Waals surface area contributed by atoms with E-state index in [-0.39, 0.29) is 6.61 Å². The second-order valence-corrected chi connectivity index (χ2v) is 2.89. The molecule has 1 aromatic rings. The van der Waals surface area contributed by atoms with Crippen molar-refractivity contribution >= 4 is 5.71 Å². The van der Waals surface area contributed by atoms with E-state index >= 15 is 0 Å². The fraction of sp³-hybridized carbons (Fsp3) is 0.250. The predicted octanol–water partition coefficient (Wildman–Crippen LogP) is 2.29. The second-order valence-electron chi connectivity index (χ2n) is 2.89. The Kier molecular flexibility index (Phi) is 4.24. The molecule has 0 aliphatic heterocycles. The molecule has 0 atom stereocenters. The third-order valence-electron chi connectivity index (χ3n) is 1.96. The van der Waals surface area contributed by atoms with Crippen LogP contribution in [0.5, 0.6) is 5.75 Å². The summed E-state index contributed by atoms with van der Waals surface area (Å²) in [6, 6.07) is 7.34. The molecular formula is C12H13NO2. The Morgan fingerprint density at radius 3 is 2.87 bits per heavy atom. The van der Waals surface area contributed by atoms with Crippen molar-refractivity contribution < 1.29 is 9.94 Å². The number of benzene rings is 1. The van der Waals surface area contributed by atoms with Gasteiger partial charge in [0, 0.05) is 5.56 Å². The van der Waals surface area contributed by atoms with E-state index in [1.807, 2.05) is 25.1 Å². The van der Waals surface area contributed by atoms with Gasteiger partial charge in [-0.05, 0) is 18.6 Å². The van der Waals surface area contributed by atoms with Crippen LogP contribution in [0.15, 0.2) is 29.4 Å². The molecule has 0 aromatic heterocycles. The molecule has 3 heteroatoms. The van der Waals surface area contributed by atoms with E-state index in [2.05, 4.69) is 11.1 Å². The van der Waals surface area contributed by atoms with Crippen molar-refractivity contribution in [2.75, 3.05) is 6.61 Å². The molecule has 0 saturated heterocycles. The first-order valence-electron chi connectivity index (χ1n) is 4.70. The van der Waals surface area contributed by atoms with Gasteiger partial charge in [-0.3, -0.25) is 0 Å². The number of rotatable bonds is 4. The van der Waals surface area contributed by atoms with Crippen molar-refractivity contribution in [2.45, 2.75) is 13.3 Å². The third-order valence-corrected chi connectivity index (χ3v) is 1.96. The molecule has 15 heavy (non-hydrogen) atoms. The summed E-state index contributed by atoms with van der Waals surface area (Å²) >= 11 is 0. The quantitative estimate of drug-likeness (QED) is 0.353. The van der Waals surface area contributed by atoms with Gasteiger partial charge in [-0.15, -0.1) is 6.42 Å². The van der Waals surface area contributed by atoms with Crippen LogP contribution in [0.3, 0.4) is 0 Å². The van der Waals surface area contributed by atoms with Gasteiger partial charge in [-0.2, -0.15) is 0 Å². The van der Waals surface area contributed by atoms with Crippen LogP contribution in [0, 0.1) is 12.3 Å². The average molecular weight is 203 g/mol. The van der Waals surface area contributed by atoms with E-state index in [9.17, 15) is 0 Å². The summed E-state index contributed by atoms with van der Waals surface area (Å²) in [5.74, 6) is 3.04. The van der Waals surface area contributed by atoms with Crippen molar-refractivity contribution in [3.8, 4) is 18.1 Å². The van der Waals surface area contributed by atoms with Gasteiger partial charge in [0.15, 0.2) is 0 Å². The second kappa shape index (κ2) is 5.71. The highest BCUT2D eigenvalue weighted by Crippen LogP contribution is 2.19. The van der Waals surface area contributed by atoms with Gasteiger partial charge in [-0.1, -0.05) is 30.1 Å². The molecule has 1 N–H and O–H groups in total. The van der Waals surface area contributed by atoms with E-state index < -0.39 is 0 Å². The van der Waals surface area contributed by atoms with Crippen LogP contribution in [0.25, 0.3) is 0 Å². The molecule has 1 aromatic carbocycles. The molecule has 0 saturated carbocycles. The lowest BCUT2D eigenvalue weighted by atomic mass is 10.1. The fourth-order valence-corrected chi connectivity index (χ4v) is 1.27. The molecule has 0 aliphatic rings. The minimum atomic E-state index is 0.208. The van der Waals surface area contributed by atoms with Crippen LogP contribution in [0.4, 0.5) is 0 Å². The summed E-state index contributed by atoms with van der Waals surface area (Å²) in [7, 11) is 0. The molecule has 0 unspecified atom stereocenters. The molecule has 1 rings (SSSR count). The van der Waals surface area contributed by atoms with Gasteiger partial charge in [0.2, 0.25) is 0 Å². The maximum Gasteiger partial charge on any atom is 0.148 e. The zero-order valence-corrected chi connectivity index (χ0v) is 8.60. The molecule has 3 nitrogen and oxygen atoms in total. The highest BCUT2D eigenvalue weighted by molar-refractivity contribution is 6.02. The van der Waals surface area contributed by atoms with Gasteiger partial charge in [0.25, 0.3) is 0 Å². The minimum absolute atomic E-state index is 0.208. The smallest absolute Gasteiger partial charge is 0.148 e. The molecule has 0 fully saturated rings. The molecule has 78 valence electrons. The SMILES string of the molecule is C#CCOc1ccccc1/C(CC)=N/O. The Bertz CT molecular complexity index is 391. The first kappa shape index (κ1) is 11.1. The lowest BCUT2D eigenvalue weighted by Gasteiger charge is -2.09. The van der Waals surface area contributed by atoms with Gasteiger partial charge < -0.3 is 9.94 Å². The fourth-order valence-electron chi connectivity index (χ4n) is 1.27. The first-order chi connectivity index (χ1) is 7.33.